The van der Waals surface area contributed by atoms with Gasteiger partial charge in [0.25, 0.3) is 0 Å². The minimum absolute atomic E-state index is 0.0187. The average Bonchev–Trinajstić information content (AvgIpc) is 3.07. The summed E-state index contributed by atoms with van der Waals surface area (Å²) in [5, 5.41) is 11.9. The number of aliphatic hydroxyl groups is 1. The molecule has 1 amide bonds. The maximum absolute atomic E-state index is 12.6. The van der Waals surface area contributed by atoms with Crippen LogP contribution in [0.1, 0.15) is 48.3 Å². The zero-order chi connectivity index (χ0) is 21.1. The van der Waals surface area contributed by atoms with Crippen LogP contribution in [0.4, 0.5) is 4.79 Å². The molecule has 156 valence electrons. The Kier molecular flexibility index (Phi) is 5.83. The molecule has 2 aliphatic rings. The molecular weight excluding hydrogens is 374 g/mol. The van der Waals surface area contributed by atoms with Crippen LogP contribution in [0, 0.1) is 24.7 Å². The SMILES string of the molecule is COC(=O)N1C[C@H](c2ccccc2)[C@@H]2[C@H]1CCCC[C@]2(O)C#Cc1cccc(C)c1. The minimum Gasteiger partial charge on any atom is -0.453 e. The van der Waals surface area contributed by atoms with Crippen molar-refractivity contribution in [3.05, 3.63) is 71.3 Å². The number of carbonyl (C=O) groups excluding carboxylic acids is 1. The predicted molar refractivity (Wildman–Crippen MR) is 117 cm³/mol. The number of aryl methyl sites for hydroxylation is 1. The Bertz CT molecular complexity index is 961. The number of ether oxygens (including phenoxy) is 1. The third-order valence-corrected chi connectivity index (χ3v) is 6.58. The second kappa shape index (κ2) is 8.53. The van der Waals surface area contributed by atoms with Crippen LogP contribution >= 0.6 is 0 Å². The van der Waals surface area contributed by atoms with E-state index in [0.717, 1.165) is 36.0 Å². The fourth-order valence-electron chi connectivity index (χ4n) is 5.21. The number of amides is 1. The number of nitrogens with zero attached hydrogens (tertiary/aromatic N) is 1. The molecule has 30 heavy (non-hydrogen) atoms. The van der Waals surface area contributed by atoms with Gasteiger partial charge < -0.3 is 14.7 Å². The molecule has 4 atom stereocenters. The molecule has 4 rings (SSSR count). The van der Waals surface area contributed by atoms with E-state index in [0.29, 0.717) is 13.0 Å². The van der Waals surface area contributed by atoms with Crippen molar-refractivity contribution in [2.24, 2.45) is 5.92 Å². The fraction of sp³-hybridized carbons (Fsp3) is 0.423. The highest BCUT2D eigenvalue weighted by atomic mass is 16.5. The van der Waals surface area contributed by atoms with Crippen molar-refractivity contribution < 1.29 is 14.6 Å². The molecule has 1 aliphatic heterocycles. The molecule has 1 aliphatic carbocycles. The second-order valence-corrected chi connectivity index (χ2v) is 8.52. The summed E-state index contributed by atoms with van der Waals surface area (Å²) in [7, 11) is 1.42. The van der Waals surface area contributed by atoms with Gasteiger partial charge in [-0.05, 0) is 49.4 Å². The molecule has 1 saturated heterocycles. The molecule has 1 heterocycles. The minimum atomic E-state index is -1.16. The molecule has 2 aromatic carbocycles. The van der Waals surface area contributed by atoms with Crippen LogP contribution < -0.4 is 0 Å². The molecule has 0 radical (unpaired) electrons. The maximum Gasteiger partial charge on any atom is 0.409 e. The van der Waals surface area contributed by atoms with E-state index in [1.807, 2.05) is 54.3 Å². The molecule has 2 aromatic rings. The maximum atomic E-state index is 12.6. The van der Waals surface area contributed by atoms with E-state index in [4.69, 9.17) is 4.74 Å². The first-order valence-corrected chi connectivity index (χ1v) is 10.7. The van der Waals surface area contributed by atoms with Gasteiger partial charge in [-0.15, -0.1) is 0 Å². The Morgan fingerprint density at radius 2 is 1.97 bits per heavy atom. The number of rotatable bonds is 1. The van der Waals surface area contributed by atoms with Crippen molar-refractivity contribution in [2.45, 2.75) is 50.2 Å². The van der Waals surface area contributed by atoms with Gasteiger partial charge in [-0.3, -0.25) is 0 Å². The number of fused-ring (bicyclic) bond motifs is 1. The van der Waals surface area contributed by atoms with Crippen LogP contribution in [-0.2, 0) is 4.74 Å². The van der Waals surface area contributed by atoms with Crippen LogP contribution in [0.25, 0.3) is 0 Å². The van der Waals surface area contributed by atoms with Crippen LogP contribution in [-0.4, -0.2) is 41.4 Å². The largest absolute Gasteiger partial charge is 0.453 e. The van der Waals surface area contributed by atoms with Crippen LogP contribution in [0.2, 0.25) is 0 Å². The number of benzene rings is 2. The Balaban J connectivity index is 1.77. The lowest BCUT2D eigenvalue weighted by Crippen LogP contribution is -2.46. The Morgan fingerprint density at radius 1 is 1.17 bits per heavy atom. The number of methoxy groups -OCH3 is 1. The van der Waals surface area contributed by atoms with Crippen molar-refractivity contribution in [3.8, 4) is 11.8 Å². The van der Waals surface area contributed by atoms with Crippen molar-refractivity contribution >= 4 is 6.09 Å². The van der Waals surface area contributed by atoms with Gasteiger partial charge in [-0.1, -0.05) is 60.7 Å². The fourth-order valence-corrected chi connectivity index (χ4v) is 5.21. The van der Waals surface area contributed by atoms with Gasteiger partial charge in [0.2, 0.25) is 0 Å². The van der Waals surface area contributed by atoms with Gasteiger partial charge in [0.05, 0.1) is 7.11 Å². The molecule has 0 unspecified atom stereocenters. The van der Waals surface area contributed by atoms with Crippen molar-refractivity contribution in [3.63, 3.8) is 0 Å². The van der Waals surface area contributed by atoms with Gasteiger partial charge >= 0.3 is 6.09 Å². The molecule has 4 heteroatoms. The lowest BCUT2D eigenvalue weighted by molar-refractivity contribution is 0.0141. The van der Waals surface area contributed by atoms with Crippen LogP contribution in [0.15, 0.2) is 54.6 Å². The third kappa shape index (κ3) is 3.95. The predicted octanol–water partition coefficient (Wildman–Crippen LogP) is 4.50. The van der Waals surface area contributed by atoms with E-state index in [1.165, 1.54) is 7.11 Å². The Hall–Kier alpha value is -2.77. The van der Waals surface area contributed by atoms with Gasteiger partial charge in [0.15, 0.2) is 0 Å². The molecule has 4 nitrogen and oxygen atoms in total. The summed E-state index contributed by atoms with van der Waals surface area (Å²) in [6.07, 6.45) is 3.01. The number of hydrogen-bond acceptors (Lipinski definition) is 3. The van der Waals surface area contributed by atoms with Gasteiger partial charge in [0, 0.05) is 30.0 Å². The van der Waals surface area contributed by atoms with Crippen molar-refractivity contribution in [1.29, 1.82) is 0 Å². The summed E-state index contributed by atoms with van der Waals surface area (Å²) < 4.78 is 5.09. The second-order valence-electron chi connectivity index (χ2n) is 8.52. The summed E-state index contributed by atoms with van der Waals surface area (Å²) in [5.74, 6) is 6.35. The summed E-state index contributed by atoms with van der Waals surface area (Å²) in [6.45, 7) is 2.58. The first-order valence-electron chi connectivity index (χ1n) is 10.7. The summed E-state index contributed by atoms with van der Waals surface area (Å²) in [6, 6.07) is 18.1. The first kappa shape index (κ1) is 20.5. The van der Waals surface area contributed by atoms with E-state index >= 15 is 0 Å². The Labute approximate surface area is 178 Å². The quantitative estimate of drug-likeness (QED) is 0.713. The van der Waals surface area contributed by atoms with Crippen LogP contribution in [0.5, 0.6) is 0 Å². The topological polar surface area (TPSA) is 49.8 Å². The van der Waals surface area contributed by atoms with Crippen molar-refractivity contribution in [2.75, 3.05) is 13.7 Å². The lowest BCUT2D eigenvalue weighted by atomic mass is 9.73. The third-order valence-electron chi connectivity index (χ3n) is 6.58. The molecule has 1 saturated carbocycles. The molecule has 2 fully saturated rings. The van der Waals surface area contributed by atoms with Gasteiger partial charge in [0.1, 0.15) is 5.60 Å². The molecule has 1 N–H and O–H groups in total. The van der Waals surface area contributed by atoms with Crippen molar-refractivity contribution in [1.82, 2.24) is 4.90 Å². The van der Waals surface area contributed by atoms with E-state index < -0.39 is 5.60 Å². The standard InChI is InChI=1S/C26H29NO3/c1-19-9-8-10-20(17-19)14-16-26(29)15-7-6-13-23-24(26)22(18-27(23)25(28)30-2)21-11-4-3-5-12-21/h3-5,8-12,17,22-24,29H,6-7,13,15,18H2,1-2H3/t22-,23-,24-,26+/m1/s1. The van der Waals surface area contributed by atoms with E-state index in [1.54, 1.807) is 0 Å². The molecular formula is C26H29NO3. The number of carbonyl (C=O) groups is 1. The molecule has 0 bridgehead atoms. The van der Waals surface area contributed by atoms with E-state index in [9.17, 15) is 9.90 Å². The number of likely N-dealkylation sites (tertiary alicyclic amines) is 1. The Morgan fingerprint density at radius 3 is 2.70 bits per heavy atom. The summed E-state index contributed by atoms with van der Waals surface area (Å²) >= 11 is 0. The summed E-state index contributed by atoms with van der Waals surface area (Å²) in [4.78, 5) is 14.4. The van der Waals surface area contributed by atoms with E-state index in [2.05, 4.69) is 24.0 Å². The van der Waals surface area contributed by atoms with Gasteiger partial charge in [-0.25, -0.2) is 4.79 Å². The highest BCUT2D eigenvalue weighted by molar-refractivity contribution is 5.69. The zero-order valence-electron chi connectivity index (χ0n) is 17.7. The highest BCUT2D eigenvalue weighted by Gasteiger charge is 2.54. The molecule has 0 spiro atoms. The normalized spacial score (nSPS) is 28.1. The monoisotopic (exact) mass is 403 g/mol. The van der Waals surface area contributed by atoms with Crippen LogP contribution in [0.3, 0.4) is 0 Å². The van der Waals surface area contributed by atoms with E-state index in [-0.39, 0.29) is 24.0 Å². The summed E-state index contributed by atoms with van der Waals surface area (Å²) in [5.41, 5.74) is 2.03. The number of hydrogen-bond donors (Lipinski definition) is 1. The smallest absolute Gasteiger partial charge is 0.409 e. The average molecular weight is 404 g/mol. The molecule has 0 aromatic heterocycles. The first-order chi connectivity index (χ1) is 14.5. The zero-order valence-corrected chi connectivity index (χ0v) is 17.7. The van der Waals surface area contributed by atoms with Gasteiger partial charge in [-0.2, -0.15) is 0 Å². The lowest BCUT2D eigenvalue weighted by Gasteiger charge is -2.35. The highest BCUT2D eigenvalue weighted by Crippen LogP contribution is 2.48.